The van der Waals surface area contributed by atoms with Gasteiger partial charge in [-0.25, -0.2) is 9.78 Å². The maximum Gasteiger partial charge on any atom is 0.358 e. The molecule has 0 atom stereocenters. The van der Waals surface area contributed by atoms with Gasteiger partial charge >= 0.3 is 5.97 Å². The zero-order valence-corrected chi connectivity index (χ0v) is 13.3. The fourth-order valence-electron chi connectivity index (χ4n) is 1.92. The van der Waals surface area contributed by atoms with Crippen LogP contribution in [0, 0.1) is 6.92 Å². The molecule has 1 N–H and O–H groups in total. The summed E-state index contributed by atoms with van der Waals surface area (Å²) in [6.07, 6.45) is 0. The van der Waals surface area contributed by atoms with Gasteiger partial charge in [-0.1, -0.05) is 35.5 Å². The maximum atomic E-state index is 11.9. The number of ether oxygens (including phenoxy) is 1. The van der Waals surface area contributed by atoms with Crippen LogP contribution in [0.15, 0.2) is 46.3 Å². The van der Waals surface area contributed by atoms with Crippen LogP contribution in [0.25, 0.3) is 0 Å². The molecule has 0 fully saturated rings. The minimum Gasteiger partial charge on any atom is -0.454 e. The van der Waals surface area contributed by atoms with Gasteiger partial charge in [0.25, 0.3) is 0 Å². The number of carbonyl (C=O) groups is 1. The lowest BCUT2D eigenvalue weighted by molar-refractivity contribution is 0.0458. The van der Waals surface area contributed by atoms with Crippen LogP contribution in [0.3, 0.4) is 0 Å². The highest BCUT2D eigenvalue weighted by molar-refractivity contribution is 7.13. The molecule has 23 heavy (non-hydrogen) atoms. The largest absolute Gasteiger partial charge is 0.454 e. The molecule has 118 valence electrons. The number of rotatable bonds is 6. The van der Waals surface area contributed by atoms with E-state index in [1.165, 1.54) is 11.3 Å². The summed E-state index contributed by atoms with van der Waals surface area (Å²) in [5.74, 6) is 0.201. The molecule has 0 saturated heterocycles. The summed E-state index contributed by atoms with van der Waals surface area (Å²) in [7, 11) is 0. The molecule has 0 saturated carbocycles. The second-order valence-corrected chi connectivity index (χ2v) is 5.74. The highest BCUT2D eigenvalue weighted by Gasteiger charge is 2.13. The van der Waals surface area contributed by atoms with Crippen molar-refractivity contribution in [3.63, 3.8) is 0 Å². The quantitative estimate of drug-likeness (QED) is 0.698. The van der Waals surface area contributed by atoms with E-state index in [4.69, 9.17) is 9.26 Å². The number of nitrogens with zero attached hydrogens (tertiary/aromatic N) is 2. The highest BCUT2D eigenvalue weighted by Crippen LogP contribution is 2.17. The van der Waals surface area contributed by atoms with E-state index in [9.17, 15) is 4.79 Å². The third-order valence-corrected chi connectivity index (χ3v) is 3.83. The number of thiazole rings is 1. The first-order chi connectivity index (χ1) is 11.2. The fraction of sp³-hybridized carbons (Fsp3) is 0.188. The number of nitrogens with one attached hydrogen (secondary N) is 1. The van der Waals surface area contributed by atoms with Gasteiger partial charge in [-0.2, -0.15) is 0 Å². The molecular formula is C16H15N3O3S. The first-order valence-electron chi connectivity index (χ1n) is 7.03. The van der Waals surface area contributed by atoms with Crippen molar-refractivity contribution in [2.45, 2.75) is 20.1 Å². The molecule has 0 aliphatic carbocycles. The summed E-state index contributed by atoms with van der Waals surface area (Å²) in [6, 6.07) is 11.7. The van der Waals surface area contributed by atoms with E-state index >= 15 is 0 Å². The SMILES string of the molecule is Cc1cc(COC(=O)c2csc(NCc3ccccc3)n2)no1. The highest BCUT2D eigenvalue weighted by atomic mass is 32.1. The second kappa shape index (κ2) is 7.06. The lowest BCUT2D eigenvalue weighted by atomic mass is 10.2. The third kappa shape index (κ3) is 4.17. The molecule has 0 radical (unpaired) electrons. The van der Waals surface area contributed by atoms with Gasteiger partial charge in [-0.05, 0) is 12.5 Å². The summed E-state index contributed by atoms with van der Waals surface area (Å²) < 4.78 is 10.1. The Morgan fingerprint density at radius 1 is 1.35 bits per heavy atom. The monoisotopic (exact) mass is 329 g/mol. The van der Waals surface area contributed by atoms with Crippen LogP contribution in [0.4, 0.5) is 5.13 Å². The number of aryl methyl sites for hydroxylation is 1. The molecule has 6 nitrogen and oxygen atoms in total. The molecule has 0 spiro atoms. The Morgan fingerprint density at radius 3 is 2.91 bits per heavy atom. The van der Waals surface area contributed by atoms with Gasteiger partial charge in [0, 0.05) is 18.0 Å². The van der Waals surface area contributed by atoms with E-state index in [2.05, 4.69) is 15.5 Å². The standard InChI is InChI=1S/C16H15N3O3S/c1-11-7-13(19-22-11)9-21-15(20)14-10-23-16(18-14)17-8-12-5-3-2-4-6-12/h2-7,10H,8-9H2,1H3,(H,17,18). The molecule has 1 aromatic carbocycles. The van der Waals surface area contributed by atoms with E-state index < -0.39 is 5.97 Å². The minimum atomic E-state index is -0.477. The number of hydrogen-bond acceptors (Lipinski definition) is 7. The van der Waals surface area contributed by atoms with E-state index in [0.29, 0.717) is 23.1 Å². The average molecular weight is 329 g/mol. The van der Waals surface area contributed by atoms with E-state index in [1.54, 1.807) is 18.4 Å². The first kappa shape index (κ1) is 15.2. The van der Waals surface area contributed by atoms with Crippen LogP contribution in [0.2, 0.25) is 0 Å². The topological polar surface area (TPSA) is 77.2 Å². The smallest absolute Gasteiger partial charge is 0.358 e. The molecule has 0 bridgehead atoms. The van der Waals surface area contributed by atoms with Gasteiger partial charge in [-0.15, -0.1) is 11.3 Å². The zero-order chi connectivity index (χ0) is 16.1. The summed E-state index contributed by atoms with van der Waals surface area (Å²) >= 11 is 1.37. The van der Waals surface area contributed by atoms with Gasteiger partial charge in [0.05, 0.1) is 0 Å². The fourth-order valence-corrected chi connectivity index (χ4v) is 2.60. The molecule has 3 rings (SSSR count). The molecule has 7 heteroatoms. The lowest BCUT2D eigenvalue weighted by Crippen LogP contribution is -2.06. The number of carbonyl (C=O) groups excluding carboxylic acids is 1. The number of hydrogen-bond donors (Lipinski definition) is 1. The van der Waals surface area contributed by atoms with Crippen molar-refractivity contribution in [2.75, 3.05) is 5.32 Å². The second-order valence-electron chi connectivity index (χ2n) is 4.88. The molecule has 3 aromatic rings. The van der Waals surface area contributed by atoms with Crippen LogP contribution in [0.5, 0.6) is 0 Å². The van der Waals surface area contributed by atoms with Gasteiger partial charge < -0.3 is 14.6 Å². The average Bonchev–Trinajstić information content (AvgIpc) is 3.21. The van der Waals surface area contributed by atoms with Crippen molar-refractivity contribution >= 4 is 22.4 Å². The predicted molar refractivity (Wildman–Crippen MR) is 86.2 cm³/mol. The van der Waals surface area contributed by atoms with Crippen molar-refractivity contribution in [1.82, 2.24) is 10.1 Å². The van der Waals surface area contributed by atoms with Crippen LogP contribution < -0.4 is 5.32 Å². The van der Waals surface area contributed by atoms with Crippen LogP contribution >= 0.6 is 11.3 Å². The summed E-state index contributed by atoms with van der Waals surface area (Å²) in [5.41, 5.74) is 2.01. The Labute approximate surface area is 137 Å². The molecular weight excluding hydrogens is 314 g/mol. The maximum absolute atomic E-state index is 11.9. The Hall–Kier alpha value is -2.67. The van der Waals surface area contributed by atoms with Gasteiger partial charge in [0.2, 0.25) is 0 Å². The van der Waals surface area contributed by atoms with Crippen molar-refractivity contribution < 1.29 is 14.1 Å². The van der Waals surface area contributed by atoms with Crippen LogP contribution in [-0.2, 0) is 17.9 Å². The lowest BCUT2D eigenvalue weighted by Gasteiger charge is -2.02. The van der Waals surface area contributed by atoms with Crippen molar-refractivity contribution in [1.29, 1.82) is 0 Å². The Kier molecular flexibility index (Phi) is 4.68. The molecule has 0 aliphatic rings. The normalized spacial score (nSPS) is 10.5. The molecule has 0 aliphatic heterocycles. The summed E-state index contributed by atoms with van der Waals surface area (Å²) in [6.45, 7) is 2.50. The summed E-state index contributed by atoms with van der Waals surface area (Å²) in [4.78, 5) is 16.2. The third-order valence-electron chi connectivity index (χ3n) is 3.03. The van der Waals surface area contributed by atoms with E-state index in [0.717, 1.165) is 5.56 Å². The Bertz CT molecular complexity index is 783. The van der Waals surface area contributed by atoms with E-state index in [1.807, 2.05) is 30.3 Å². The van der Waals surface area contributed by atoms with Crippen molar-refractivity contribution in [2.24, 2.45) is 0 Å². The molecule has 0 amide bonds. The number of esters is 1. The zero-order valence-electron chi connectivity index (χ0n) is 12.5. The van der Waals surface area contributed by atoms with Crippen LogP contribution in [0.1, 0.15) is 27.5 Å². The van der Waals surface area contributed by atoms with Gasteiger partial charge in [-0.3, -0.25) is 0 Å². The Morgan fingerprint density at radius 2 is 2.17 bits per heavy atom. The molecule has 2 heterocycles. The predicted octanol–water partition coefficient (Wildman–Crippen LogP) is 3.41. The van der Waals surface area contributed by atoms with Crippen molar-refractivity contribution in [3.05, 3.63) is 64.5 Å². The molecule has 0 unspecified atom stereocenters. The van der Waals surface area contributed by atoms with E-state index in [-0.39, 0.29) is 12.3 Å². The Balaban J connectivity index is 1.52. The number of aromatic nitrogens is 2. The minimum absolute atomic E-state index is 0.0699. The van der Waals surface area contributed by atoms with Crippen molar-refractivity contribution in [3.8, 4) is 0 Å². The number of anilines is 1. The number of benzene rings is 1. The first-order valence-corrected chi connectivity index (χ1v) is 7.91. The van der Waals surface area contributed by atoms with Gasteiger partial charge in [0.15, 0.2) is 10.8 Å². The summed E-state index contributed by atoms with van der Waals surface area (Å²) in [5, 5.41) is 9.30. The molecule has 2 aromatic heterocycles. The van der Waals surface area contributed by atoms with Crippen LogP contribution in [-0.4, -0.2) is 16.1 Å². The van der Waals surface area contributed by atoms with Gasteiger partial charge in [0.1, 0.15) is 18.1 Å².